The van der Waals surface area contributed by atoms with Gasteiger partial charge in [-0.05, 0) is 24.1 Å². The highest BCUT2D eigenvalue weighted by Gasteiger charge is 2.18. The molecule has 2 aromatic rings. The summed E-state index contributed by atoms with van der Waals surface area (Å²) in [7, 11) is 0. The standard InChI is InChI=1S/C16H15NO/c1-12-11-18-16(17-12)15-10-6-5-9-14(15)13-7-3-2-4-8-13/h2-10,12H,11H2,1H3. The molecule has 0 fully saturated rings. The van der Waals surface area contributed by atoms with Gasteiger partial charge in [-0.1, -0.05) is 48.5 Å². The van der Waals surface area contributed by atoms with Gasteiger partial charge in [0.2, 0.25) is 5.90 Å². The smallest absolute Gasteiger partial charge is 0.217 e. The Morgan fingerprint density at radius 2 is 1.61 bits per heavy atom. The summed E-state index contributed by atoms with van der Waals surface area (Å²) < 4.78 is 5.66. The van der Waals surface area contributed by atoms with Crippen molar-refractivity contribution in [1.29, 1.82) is 0 Å². The van der Waals surface area contributed by atoms with Crippen LogP contribution in [0.15, 0.2) is 59.6 Å². The van der Waals surface area contributed by atoms with E-state index in [0.717, 1.165) is 11.5 Å². The molecule has 0 saturated carbocycles. The third-order valence-corrected chi connectivity index (χ3v) is 3.04. The van der Waals surface area contributed by atoms with E-state index in [-0.39, 0.29) is 6.04 Å². The molecule has 2 nitrogen and oxygen atoms in total. The van der Waals surface area contributed by atoms with Gasteiger partial charge in [-0.3, -0.25) is 0 Å². The van der Waals surface area contributed by atoms with Crippen molar-refractivity contribution in [1.82, 2.24) is 0 Å². The monoisotopic (exact) mass is 237 g/mol. The van der Waals surface area contributed by atoms with Crippen molar-refractivity contribution in [2.75, 3.05) is 6.61 Å². The first-order valence-corrected chi connectivity index (χ1v) is 6.20. The largest absolute Gasteiger partial charge is 0.475 e. The number of ether oxygens (including phenoxy) is 1. The van der Waals surface area contributed by atoms with Crippen molar-refractivity contribution >= 4 is 5.90 Å². The lowest BCUT2D eigenvalue weighted by molar-refractivity contribution is 0.324. The number of aliphatic imine (C=N–C) groups is 1. The highest BCUT2D eigenvalue weighted by atomic mass is 16.5. The van der Waals surface area contributed by atoms with E-state index in [1.54, 1.807) is 0 Å². The molecule has 1 aliphatic rings. The molecular weight excluding hydrogens is 222 g/mol. The molecule has 0 aliphatic carbocycles. The molecule has 2 aromatic carbocycles. The van der Waals surface area contributed by atoms with Crippen LogP contribution in [-0.4, -0.2) is 18.5 Å². The van der Waals surface area contributed by atoms with Crippen molar-refractivity contribution in [3.8, 4) is 11.1 Å². The minimum Gasteiger partial charge on any atom is -0.475 e. The van der Waals surface area contributed by atoms with Crippen LogP contribution in [-0.2, 0) is 4.74 Å². The highest BCUT2D eigenvalue weighted by molar-refractivity contribution is 6.01. The van der Waals surface area contributed by atoms with Gasteiger partial charge in [-0.25, -0.2) is 4.99 Å². The average molecular weight is 237 g/mol. The van der Waals surface area contributed by atoms with Crippen molar-refractivity contribution < 1.29 is 4.74 Å². The third-order valence-electron chi connectivity index (χ3n) is 3.04. The summed E-state index contributed by atoms with van der Waals surface area (Å²) in [6.45, 7) is 2.75. The summed E-state index contributed by atoms with van der Waals surface area (Å²) in [5, 5.41) is 0. The summed E-state index contributed by atoms with van der Waals surface area (Å²) in [6, 6.07) is 18.8. The number of hydrogen-bond acceptors (Lipinski definition) is 2. The van der Waals surface area contributed by atoms with Gasteiger partial charge in [0.05, 0.1) is 6.04 Å². The fourth-order valence-corrected chi connectivity index (χ4v) is 2.16. The van der Waals surface area contributed by atoms with Crippen molar-refractivity contribution in [3.63, 3.8) is 0 Å². The van der Waals surface area contributed by atoms with Gasteiger partial charge in [0.1, 0.15) is 6.61 Å². The molecule has 0 bridgehead atoms. The fraction of sp³-hybridized carbons (Fsp3) is 0.188. The molecule has 0 radical (unpaired) electrons. The van der Waals surface area contributed by atoms with Gasteiger partial charge < -0.3 is 4.74 Å². The molecule has 18 heavy (non-hydrogen) atoms. The van der Waals surface area contributed by atoms with Crippen LogP contribution in [0.2, 0.25) is 0 Å². The quantitative estimate of drug-likeness (QED) is 0.783. The molecule has 0 N–H and O–H groups in total. The lowest BCUT2D eigenvalue weighted by Gasteiger charge is -2.09. The van der Waals surface area contributed by atoms with Gasteiger partial charge in [0.15, 0.2) is 0 Å². The molecule has 0 saturated heterocycles. The molecule has 1 atom stereocenters. The zero-order chi connectivity index (χ0) is 12.4. The van der Waals surface area contributed by atoms with Crippen molar-refractivity contribution in [2.45, 2.75) is 13.0 Å². The Morgan fingerprint density at radius 1 is 0.944 bits per heavy atom. The van der Waals surface area contributed by atoms with Gasteiger partial charge in [-0.15, -0.1) is 0 Å². The van der Waals surface area contributed by atoms with Crippen LogP contribution in [0.4, 0.5) is 0 Å². The molecule has 1 heterocycles. The lowest BCUT2D eigenvalue weighted by atomic mass is 10.00. The number of hydrogen-bond donors (Lipinski definition) is 0. The average Bonchev–Trinajstić information content (AvgIpc) is 2.86. The Labute approximate surface area is 107 Å². The van der Waals surface area contributed by atoms with E-state index in [1.807, 2.05) is 30.3 Å². The Balaban J connectivity index is 2.09. The maximum atomic E-state index is 5.66. The van der Waals surface area contributed by atoms with E-state index >= 15 is 0 Å². The number of rotatable bonds is 2. The lowest BCUT2D eigenvalue weighted by Crippen LogP contribution is -2.03. The third kappa shape index (κ3) is 2.02. The second-order valence-corrected chi connectivity index (χ2v) is 4.51. The van der Waals surface area contributed by atoms with Crippen LogP contribution >= 0.6 is 0 Å². The first kappa shape index (κ1) is 11.0. The normalized spacial score (nSPS) is 18.3. The predicted octanol–water partition coefficient (Wildman–Crippen LogP) is 3.52. The second-order valence-electron chi connectivity index (χ2n) is 4.51. The SMILES string of the molecule is CC1COC(c2ccccc2-c2ccccc2)=N1. The maximum Gasteiger partial charge on any atom is 0.217 e. The molecule has 1 unspecified atom stereocenters. The minimum absolute atomic E-state index is 0.254. The number of benzene rings is 2. The molecule has 90 valence electrons. The van der Waals surface area contributed by atoms with E-state index in [1.165, 1.54) is 11.1 Å². The Bertz CT molecular complexity index is 575. The van der Waals surface area contributed by atoms with Gasteiger partial charge >= 0.3 is 0 Å². The first-order valence-electron chi connectivity index (χ1n) is 6.20. The summed E-state index contributed by atoms with van der Waals surface area (Å²) in [4.78, 5) is 4.54. The topological polar surface area (TPSA) is 21.6 Å². The molecule has 0 aromatic heterocycles. The molecule has 3 rings (SSSR count). The van der Waals surface area contributed by atoms with Gasteiger partial charge in [0, 0.05) is 5.56 Å². The summed E-state index contributed by atoms with van der Waals surface area (Å²) >= 11 is 0. The van der Waals surface area contributed by atoms with Crippen LogP contribution in [0, 0.1) is 0 Å². The van der Waals surface area contributed by atoms with Crippen LogP contribution in [0.5, 0.6) is 0 Å². The minimum atomic E-state index is 0.254. The summed E-state index contributed by atoms with van der Waals surface area (Å²) in [6.07, 6.45) is 0. The Hall–Kier alpha value is -2.09. The Kier molecular flexibility index (Phi) is 2.85. The van der Waals surface area contributed by atoms with E-state index in [9.17, 15) is 0 Å². The van der Waals surface area contributed by atoms with E-state index in [4.69, 9.17) is 4.74 Å². The second kappa shape index (κ2) is 4.65. The van der Waals surface area contributed by atoms with Crippen molar-refractivity contribution in [3.05, 3.63) is 60.2 Å². The van der Waals surface area contributed by atoms with Crippen LogP contribution in [0.25, 0.3) is 11.1 Å². The molecule has 0 amide bonds. The zero-order valence-electron chi connectivity index (χ0n) is 10.3. The molecule has 0 spiro atoms. The molecular formula is C16H15NO. The molecule has 2 heteroatoms. The molecule has 1 aliphatic heterocycles. The van der Waals surface area contributed by atoms with E-state index in [0.29, 0.717) is 6.61 Å². The van der Waals surface area contributed by atoms with Crippen molar-refractivity contribution in [2.24, 2.45) is 4.99 Å². The highest BCUT2D eigenvalue weighted by Crippen LogP contribution is 2.25. The van der Waals surface area contributed by atoms with E-state index < -0.39 is 0 Å². The maximum absolute atomic E-state index is 5.66. The Morgan fingerprint density at radius 3 is 2.28 bits per heavy atom. The summed E-state index contributed by atoms with van der Waals surface area (Å²) in [5.74, 6) is 0.766. The van der Waals surface area contributed by atoms with E-state index in [2.05, 4.69) is 36.2 Å². The van der Waals surface area contributed by atoms with Crippen LogP contribution < -0.4 is 0 Å². The first-order chi connectivity index (χ1) is 8.84. The van der Waals surface area contributed by atoms with Gasteiger partial charge in [-0.2, -0.15) is 0 Å². The number of nitrogens with zero attached hydrogens (tertiary/aromatic N) is 1. The van der Waals surface area contributed by atoms with Crippen LogP contribution in [0.1, 0.15) is 12.5 Å². The van der Waals surface area contributed by atoms with Crippen LogP contribution in [0.3, 0.4) is 0 Å². The van der Waals surface area contributed by atoms with Gasteiger partial charge in [0.25, 0.3) is 0 Å². The summed E-state index contributed by atoms with van der Waals surface area (Å²) in [5.41, 5.74) is 3.44. The fourth-order valence-electron chi connectivity index (χ4n) is 2.16. The predicted molar refractivity (Wildman–Crippen MR) is 73.8 cm³/mol. The zero-order valence-corrected chi connectivity index (χ0v) is 10.3.